The number of pyridine rings is 2. The second-order valence-corrected chi connectivity index (χ2v) is 6.75. The van der Waals surface area contributed by atoms with E-state index in [1.54, 1.807) is 6.92 Å². The van der Waals surface area contributed by atoms with E-state index in [9.17, 15) is 22.8 Å². The zero-order valence-corrected chi connectivity index (χ0v) is 16.7. The Balaban J connectivity index is 2.01. The Morgan fingerprint density at radius 1 is 1.00 bits per heavy atom. The van der Waals surface area contributed by atoms with Gasteiger partial charge in [-0.25, -0.2) is 22.9 Å². The molecule has 0 fully saturated rings. The van der Waals surface area contributed by atoms with E-state index in [2.05, 4.69) is 10.3 Å². The van der Waals surface area contributed by atoms with Gasteiger partial charge < -0.3 is 10.1 Å². The topological polar surface area (TPSA) is 73.2 Å². The molecule has 0 saturated heterocycles. The molecule has 2 aromatic heterocycles. The predicted molar refractivity (Wildman–Crippen MR) is 113 cm³/mol. The lowest BCUT2D eigenvalue weighted by Gasteiger charge is -2.18. The van der Waals surface area contributed by atoms with Crippen molar-refractivity contribution in [2.24, 2.45) is 0 Å². The summed E-state index contributed by atoms with van der Waals surface area (Å²) >= 11 is 0. The molecule has 0 atom stereocenters. The number of nitrogens with zero attached hydrogens (tertiary/aromatic N) is 2. The lowest BCUT2D eigenvalue weighted by molar-refractivity contribution is 0.0514. The minimum Gasteiger partial charge on any atom is -0.461 e. The molecule has 1 N–H and O–H groups in total. The second kappa shape index (κ2) is 8.54. The molecule has 0 amide bonds. The maximum atomic E-state index is 14.5. The second-order valence-electron chi connectivity index (χ2n) is 6.75. The van der Waals surface area contributed by atoms with Crippen LogP contribution in [0.1, 0.15) is 17.4 Å². The van der Waals surface area contributed by atoms with Crippen LogP contribution < -0.4 is 10.7 Å². The normalized spacial score (nSPS) is 10.9. The maximum absolute atomic E-state index is 14.5. The predicted octanol–water partition coefficient (Wildman–Crippen LogP) is 4.72. The fraction of sp³-hybridized carbons (Fsp3) is 0.0870. The van der Waals surface area contributed by atoms with Crippen molar-refractivity contribution in [3.05, 3.63) is 94.0 Å². The SMILES string of the molecule is CCOC(=O)c1nc2c(cc1F)c(=O)cc(Nc1ccc(F)cc1)n2-c1ccc(F)cc1. The number of hydrogen-bond donors (Lipinski definition) is 1. The summed E-state index contributed by atoms with van der Waals surface area (Å²) in [4.78, 5) is 29.0. The van der Waals surface area contributed by atoms with Gasteiger partial charge in [-0.05, 0) is 61.5 Å². The van der Waals surface area contributed by atoms with E-state index in [0.29, 0.717) is 11.4 Å². The highest BCUT2D eigenvalue weighted by molar-refractivity contribution is 5.91. The molecule has 32 heavy (non-hydrogen) atoms. The van der Waals surface area contributed by atoms with Crippen LogP contribution in [0.3, 0.4) is 0 Å². The van der Waals surface area contributed by atoms with Gasteiger partial charge in [-0.1, -0.05) is 0 Å². The van der Waals surface area contributed by atoms with E-state index in [1.165, 1.54) is 59.2 Å². The number of ether oxygens (including phenoxy) is 1. The van der Waals surface area contributed by atoms with Crippen LogP contribution >= 0.6 is 0 Å². The number of benzene rings is 2. The molecular weight excluding hydrogens is 423 g/mol. The third-order valence-electron chi connectivity index (χ3n) is 4.61. The molecule has 2 heterocycles. The molecule has 0 bridgehead atoms. The van der Waals surface area contributed by atoms with Crippen molar-refractivity contribution in [3.63, 3.8) is 0 Å². The van der Waals surface area contributed by atoms with Crippen molar-refractivity contribution in [1.29, 1.82) is 0 Å². The number of halogens is 3. The van der Waals surface area contributed by atoms with Gasteiger partial charge in [0.15, 0.2) is 22.6 Å². The molecule has 0 spiro atoms. The molecule has 0 aliphatic heterocycles. The Morgan fingerprint density at radius 3 is 2.25 bits per heavy atom. The van der Waals surface area contributed by atoms with E-state index < -0.39 is 34.5 Å². The number of nitrogens with one attached hydrogen (secondary N) is 1. The minimum absolute atomic E-state index is 0.00885. The first kappa shape index (κ1) is 21.1. The van der Waals surface area contributed by atoms with Crippen molar-refractivity contribution in [2.45, 2.75) is 6.92 Å². The smallest absolute Gasteiger partial charge is 0.360 e. The molecule has 0 unspecified atom stereocenters. The zero-order valence-electron chi connectivity index (χ0n) is 16.7. The van der Waals surface area contributed by atoms with E-state index in [-0.39, 0.29) is 23.5 Å². The number of esters is 1. The van der Waals surface area contributed by atoms with Crippen LogP contribution in [0.4, 0.5) is 24.7 Å². The average molecular weight is 439 g/mol. The van der Waals surface area contributed by atoms with Crippen LogP contribution in [0.5, 0.6) is 0 Å². The van der Waals surface area contributed by atoms with Gasteiger partial charge in [0.2, 0.25) is 0 Å². The zero-order chi connectivity index (χ0) is 22.8. The van der Waals surface area contributed by atoms with Gasteiger partial charge in [0, 0.05) is 17.4 Å². The molecule has 0 aliphatic carbocycles. The van der Waals surface area contributed by atoms with E-state index >= 15 is 0 Å². The summed E-state index contributed by atoms with van der Waals surface area (Å²) in [6.45, 7) is 1.57. The summed E-state index contributed by atoms with van der Waals surface area (Å²) < 4.78 is 47.7. The summed E-state index contributed by atoms with van der Waals surface area (Å²) in [5.74, 6) is -2.73. The summed E-state index contributed by atoms with van der Waals surface area (Å²) in [5, 5.41) is 2.89. The molecule has 0 radical (unpaired) electrons. The van der Waals surface area contributed by atoms with Gasteiger partial charge in [0.05, 0.1) is 12.0 Å². The molecule has 162 valence electrons. The van der Waals surface area contributed by atoms with Gasteiger partial charge >= 0.3 is 5.97 Å². The maximum Gasteiger partial charge on any atom is 0.360 e. The van der Waals surface area contributed by atoms with Gasteiger partial charge in [-0.3, -0.25) is 9.36 Å². The molecule has 9 heteroatoms. The van der Waals surface area contributed by atoms with E-state index in [0.717, 1.165) is 6.07 Å². The first-order chi connectivity index (χ1) is 15.4. The summed E-state index contributed by atoms with van der Waals surface area (Å²) in [5.41, 5.74) is -0.361. The molecular formula is C23H16F3N3O3. The Kier molecular flexibility index (Phi) is 5.63. The number of aromatic nitrogens is 2. The van der Waals surface area contributed by atoms with Crippen LogP contribution in [0.25, 0.3) is 16.7 Å². The number of carbonyl (C=O) groups is 1. The highest BCUT2D eigenvalue weighted by Gasteiger charge is 2.21. The fourth-order valence-corrected chi connectivity index (χ4v) is 3.18. The number of fused-ring (bicyclic) bond motifs is 1. The number of rotatable bonds is 5. The number of hydrogen-bond acceptors (Lipinski definition) is 5. The van der Waals surface area contributed by atoms with Gasteiger partial charge in [0.25, 0.3) is 0 Å². The van der Waals surface area contributed by atoms with Crippen molar-refractivity contribution in [2.75, 3.05) is 11.9 Å². The molecule has 6 nitrogen and oxygen atoms in total. The standard InChI is InChI=1S/C23H16F3N3O3/c1-2-32-23(31)21-18(26)11-17-19(30)12-20(27-15-7-3-13(24)4-8-15)29(22(17)28-21)16-9-5-14(25)6-10-16/h3-12,27H,2H2,1H3. The van der Waals surface area contributed by atoms with Crippen molar-refractivity contribution in [1.82, 2.24) is 9.55 Å². The van der Waals surface area contributed by atoms with Crippen molar-refractivity contribution in [3.8, 4) is 5.69 Å². The average Bonchev–Trinajstić information content (AvgIpc) is 2.77. The Hall–Kier alpha value is -4.14. The molecule has 0 saturated carbocycles. The summed E-state index contributed by atoms with van der Waals surface area (Å²) in [7, 11) is 0. The summed E-state index contributed by atoms with van der Waals surface area (Å²) in [6, 6.07) is 12.8. The van der Waals surface area contributed by atoms with Gasteiger partial charge in [-0.2, -0.15) is 0 Å². The lowest BCUT2D eigenvalue weighted by atomic mass is 10.2. The first-order valence-electron chi connectivity index (χ1n) is 9.59. The van der Waals surface area contributed by atoms with Gasteiger partial charge in [-0.15, -0.1) is 0 Å². The van der Waals surface area contributed by atoms with Crippen LogP contribution in [-0.4, -0.2) is 22.1 Å². The first-order valence-corrected chi connectivity index (χ1v) is 9.59. The van der Waals surface area contributed by atoms with E-state index in [4.69, 9.17) is 4.74 Å². The van der Waals surface area contributed by atoms with Crippen molar-refractivity contribution < 1.29 is 22.7 Å². The lowest BCUT2D eigenvalue weighted by Crippen LogP contribution is -2.17. The quantitative estimate of drug-likeness (QED) is 0.456. The largest absolute Gasteiger partial charge is 0.461 e. The minimum atomic E-state index is -1.00. The molecule has 2 aromatic carbocycles. The van der Waals surface area contributed by atoms with Crippen LogP contribution in [0.2, 0.25) is 0 Å². The molecule has 4 aromatic rings. The Morgan fingerprint density at radius 2 is 1.62 bits per heavy atom. The molecule has 0 aliphatic rings. The number of carbonyl (C=O) groups excluding carboxylic acids is 1. The monoisotopic (exact) mass is 439 g/mol. The molecule has 4 rings (SSSR count). The Labute approximate surface area is 179 Å². The summed E-state index contributed by atoms with van der Waals surface area (Å²) in [6.07, 6.45) is 0. The Bertz CT molecular complexity index is 1370. The highest BCUT2D eigenvalue weighted by Crippen LogP contribution is 2.26. The highest BCUT2D eigenvalue weighted by atomic mass is 19.1. The van der Waals surface area contributed by atoms with E-state index in [1.807, 2.05) is 0 Å². The fourth-order valence-electron chi connectivity index (χ4n) is 3.18. The van der Waals surface area contributed by atoms with Crippen molar-refractivity contribution >= 4 is 28.5 Å². The third kappa shape index (κ3) is 4.04. The van der Waals surface area contributed by atoms with Crippen LogP contribution in [0.15, 0.2) is 65.5 Å². The van der Waals surface area contributed by atoms with Crippen LogP contribution in [0, 0.1) is 17.5 Å². The third-order valence-corrected chi connectivity index (χ3v) is 4.61. The van der Waals surface area contributed by atoms with Gasteiger partial charge in [0.1, 0.15) is 17.5 Å². The van der Waals surface area contributed by atoms with Crippen LogP contribution in [-0.2, 0) is 4.74 Å². The number of anilines is 2.